The summed E-state index contributed by atoms with van der Waals surface area (Å²) in [5.41, 5.74) is 0.588. The Morgan fingerprint density at radius 3 is 2.50 bits per heavy atom. The van der Waals surface area contributed by atoms with Gasteiger partial charge in [-0.05, 0) is 25.1 Å². The molecule has 2 rings (SSSR count). The molecule has 0 spiro atoms. The number of carbonyl (C=O) groups excluding carboxylic acids is 2. The number of ether oxygens (including phenoxy) is 3. The van der Waals surface area contributed by atoms with Crippen molar-refractivity contribution in [3.8, 4) is 5.75 Å². The molecule has 1 aromatic heterocycles. The van der Waals surface area contributed by atoms with Crippen LogP contribution in [0.2, 0.25) is 0 Å². The average molecular weight is 334 g/mol. The van der Waals surface area contributed by atoms with Crippen LogP contribution >= 0.6 is 0 Å². The van der Waals surface area contributed by atoms with E-state index < -0.39 is 11.9 Å². The number of fused-ring (bicyclic) bond motifs is 1. The Morgan fingerprint density at radius 2 is 1.92 bits per heavy atom. The van der Waals surface area contributed by atoms with Crippen LogP contribution in [0, 0.1) is 0 Å². The fourth-order valence-corrected chi connectivity index (χ4v) is 2.30. The van der Waals surface area contributed by atoms with Gasteiger partial charge >= 0.3 is 11.9 Å². The van der Waals surface area contributed by atoms with Crippen LogP contribution in [0.25, 0.3) is 11.0 Å². The molecule has 0 fully saturated rings. The second kappa shape index (κ2) is 6.95. The highest BCUT2D eigenvalue weighted by atomic mass is 16.6. The van der Waals surface area contributed by atoms with Gasteiger partial charge in [0, 0.05) is 10.8 Å². The van der Waals surface area contributed by atoms with Crippen molar-refractivity contribution in [2.24, 2.45) is 0 Å². The molecule has 0 aliphatic heterocycles. The van der Waals surface area contributed by atoms with Gasteiger partial charge in [0.2, 0.25) is 0 Å². The van der Waals surface area contributed by atoms with Crippen molar-refractivity contribution in [1.29, 1.82) is 0 Å². The molecular formula is C18H22O6. The Bertz CT molecular complexity index is 751. The van der Waals surface area contributed by atoms with E-state index >= 15 is 0 Å². The lowest BCUT2D eigenvalue weighted by Gasteiger charge is -2.16. The highest BCUT2D eigenvalue weighted by molar-refractivity contribution is 6.05. The number of methoxy groups -OCH3 is 1. The normalized spacial score (nSPS) is 11.4. The number of benzene rings is 1. The highest BCUT2D eigenvalue weighted by Gasteiger charge is 2.30. The zero-order valence-corrected chi connectivity index (χ0v) is 14.6. The topological polar surface area (TPSA) is 75.0 Å². The number of rotatable bonds is 5. The van der Waals surface area contributed by atoms with Gasteiger partial charge in [-0.2, -0.15) is 0 Å². The van der Waals surface area contributed by atoms with Crippen molar-refractivity contribution in [1.82, 2.24) is 0 Å². The van der Waals surface area contributed by atoms with Crippen LogP contribution < -0.4 is 4.74 Å². The van der Waals surface area contributed by atoms with Gasteiger partial charge in [-0.25, -0.2) is 9.59 Å². The number of furan rings is 1. The predicted octanol–water partition coefficient (Wildman–Crippen LogP) is 3.46. The van der Waals surface area contributed by atoms with E-state index in [0.29, 0.717) is 28.0 Å². The Kier molecular flexibility index (Phi) is 5.17. The molecule has 0 aliphatic rings. The van der Waals surface area contributed by atoms with Crippen LogP contribution in [0.4, 0.5) is 0 Å². The molecule has 6 heteroatoms. The summed E-state index contributed by atoms with van der Waals surface area (Å²) >= 11 is 0. The molecular weight excluding hydrogens is 312 g/mol. The van der Waals surface area contributed by atoms with Gasteiger partial charge in [-0.1, -0.05) is 20.8 Å². The number of hydrogen-bond donors (Lipinski definition) is 0. The first-order valence-electron chi connectivity index (χ1n) is 7.71. The van der Waals surface area contributed by atoms with Crippen LogP contribution in [-0.2, 0) is 19.7 Å². The standard InChI is InChI=1S/C18H22O6/c1-6-22-17(20)15-12-9-11(23-10-14(19)21-5)7-8-13(12)24-16(15)18(2,3)4/h7-9H,6,10H2,1-5H3. The molecule has 0 atom stereocenters. The van der Waals surface area contributed by atoms with E-state index in [-0.39, 0.29) is 18.6 Å². The molecule has 0 amide bonds. The van der Waals surface area contributed by atoms with Crippen LogP contribution in [0.1, 0.15) is 43.8 Å². The summed E-state index contributed by atoms with van der Waals surface area (Å²) in [6.07, 6.45) is 0. The summed E-state index contributed by atoms with van der Waals surface area (Å²) in [4.78, 5) is 23.6. The van der Waals surface area contributed by atoms with E-state index in [9.17, 15) is 9.59 Å². The third kappa shape index (κ3) is 3.69. The van der Waals surface area contributed by atoms with Crippen molar-refractivity contribution in [3.63, 3.8) is 0 Å². The molecule has 24 heavy (non-hydrogen) atoms. The first-order valence-corrected chi connectivity index (χ1v) is 7.71. The zero-order chi connectivity index (χ0) is 17.9. The lowest BCUT2D eigenvalue weighted by molar-refractivity contribution is -0.142. The molecule has 2 aromatic rings. The van der Waals surface area contributed by atoms with Crippen molar-refractivity contribution >= 4 is 22.9 Å². The molecule has 0 radical (unpaired) electrons. The minimum Gasteiger partial charge on any atom is -0.482 e. The van der Waals surface area contributed by atoms with E-state index in [2.05, 4.69) is 4.74 Å². The van der Waals surface area contributed by atoms with Crippen molar-refractivity contribution < 1.29 is 28.2 Å². The minimum absolute atomic E-state index is 0.208. The molecule has 0 aliphatic carbocycles. The van der Waals surface area contributed by atoms with Gasteiger partial charge in [0.1, 0.15) is 22.7 Å². The van der Waals surface area contributed by atoms with Gasteiger partial charge in [0.25, 0.3) is 0 Å². The van der Waals surface area contributed by atoms with E-state index in [1.54, 1.807) is 25.1 Å². The SMILES string of the molecule is CCOC(=O)c1c(C(C)(C)C)oc2ccc(OCC(=O)OC)cc12. The van der Waals surface area contributed by atoms with E-state index in [1.807, 2.05) is 20.8 Å². The van der Waals surface area contributed by atoms with Crippen LogP contribution in [-0.4, -0.2) is 32.3 Å². The second-order valence-corrected chi connectivity index (χ2v) is 6.30. The van der Waals surface area contributed by atoms with Gasteiger partial charge in [0.05, 0.1) is 13.7 Å². The first kappa shape index (κ1) is 17.8. The quantitative estimate of drug-likeness (QED) is 0.780. The fraction of sp³-hybridized carbons (Fsp3) is 0.444. The van der Waals surface area contributed by atoms with Crippen molar-refractivity contribution in [2.75, 3.05) is 20.3 Å². The molecule has 1 aromatic carbocycles. The highest BCUT2D eigenvalue weighted by Crippen LogP contribution is 2.36. The number of esters is 2. The third-order valence-corrected chi connectivity index (χ3v) is 3.40. The first-order chi connectivity index (χ1) is 11.3. The van der Waals surface area contributed by atoms with Crippen molar-refractivity contribution in [3.05, 3.63) is 29.5 Å². The molecule has 1 heterocycles. The fourth-order valence-electron chi connectivity index (χ4n) is 2.30. The van der Waals surface area contributed by atoms with Gasteiger partial charge < -0.3 is 18.6 Å². The zero-order valence-electron chi connectivity index (χ0n) is 14.6. The van der Waals surface area contributed by atoms with E-state index in [4.69, 9.17) is 13.9 Å². The molecule has 130 valence electrons. The van der Waals surface area contributed by atoms with Crippen molar-refractivity contribution in [2.45, 2.75) is 33.1 Å². The molecule has 0 bridgehead atoms. The van der Waals surface area contributed by atoms with E-state index in [1.165, 1.54) is 7.11 Å². The molecule has 0 saturated carbocycles. The molecule has 0 saturated heterocycles. The Hall–Kier alpha value is -2.50. The number of hydrogen-bond acceptors (Lipinski definition) is 6. The number of carbonyl (C=O) groups is 2. The summed E-state index contributed by atoms with van der Waals surface area (Å²) in [7, 11) is 1.29. The van der Waals surface area contributed by atoms with Crippen LogP contribution in [0.15, 0.2) is 22.6 Å². The molecule has 0 unspecified atom stereocenters. The smallest absolute Gasteiger partial charge is 0.343 e. The summed E-state index contributed by atoms with van der Waals surface area (Å²) in [6.45, 7) is 7.70. The lowest BCUT2D eigenvalue weighted by Crippen LogP contribution is -2.16. The second-order valence-electron chi connectivity index (χ2n) is 6.30. The summed E-state index contributed by atoms with van der Waals surface area (Å²) in [5, 5.41) is 0.598. The third-order valence-electron chi connectivity index (χ3n) is 3.40. The summed E-state index contributed by atoms with van der Waals surface area (Å²) in [6, 6.07) is 5.05. The maximum Gasteiger partial charge on any atom is 0.343 e. The summed E-state index contributed by atoms with van der Waals surface area (Å²) in [5.74, 6) is 0.0790. The minimum atomic E-state index is -0.483. The lowest BCUT2D eigenvalue weighted by atomic mass is 9.89. The Labute approximate surface area is 140 Å². The Balaban J connectivity index is 2.50. The van der Waals surface area contributed by atoms with Crippen LogP contribution in [0.3, 0.4) is 0 Å². The maximum absolute atomic E-state index is 12.4. The average Bonchev–Trinajstić information content (AvgIpc) is 2.91. The largest absolute Gasteiger partial charge is 0.482 e. The maximum atomic E-state index is 12.4. The van der Waals surface area contributed by atoms with Gasteiger partial charge in [0.15, 0.2) is 6.61 Å². The predicted molar refractivity (Wildman–Crippen MR) is 88.4 cm³/mol. The van der Waals surface area contributed by atoms with Crippen LogP contribution in [0.5, 0.6) is 5.75 Å². The van der Waals surface area contributed by atoms with Gasteiger partial charge in [-0.3, -0.25) is 0 Å². The van der Waals surface area contributed by atoms with Gasteiger partial charge in [-0.15, -0.1) is 0 Å². The summed E-state index contributed by atoms with van der Waals surface area (Å²) < 4.78 is 21.0. The molecule has 6 nitrogen and oxygen atoms in total. The molecule has 0 N–H and O–H groups in total. The monoisotopic (exact) mass is 334 g/mol. The Morgan fingerprint density at radius 1 is 1.21 bits per heavy atom. The van der Waals surface area contributed by atoms with E-state index in [0.717, 1.165) is 0 Å².